The van der Waals surface area contributed by atoms with Gasteiger partial charge in [-0.1, -0.05) is 65.0 Å². The van der Waals surface area contributed by atoms with Gasteiger partial charge in [-0.3, -0.25) is 4.57 Å². The number of aromatic nitrogens is 2. The van der Waals surface area contributed by atoms with Gasteiger partial charge in [0, 0.05) is 6.54 Å². The van der Waals surface area contributed by atoms with E-state index in [-0.39, 0.29) is 11.1 Å². The summed E-state index contributed by atoms with van der Waals surface area (Å²) >= 11 is 0. The van der Waals surface area contributed by atoms with Crippen molar-refractivity contribution >= 4 is 11.0 Å². The highest BCUT2D eigenvalue weighted by Gasteiger charge is 2.13. The minimum atomic E-state index is -0.0177. The van der Waals surface area contributed by atoms with Crippen LogP contribution in [0, 0.1) is 5.92 Å². The monoisotopic (exact) mass is 336 g/mol. The highest BCUT2D eigenvalue weighted by atomic mass is 16.1. The second-order valence-corrected chi connectivity index (χ2v) is 8.32. The molecule has 0 aliphatic carbocycles. The van der Waals surface area contributed by atoms with E-state index in [1.165, 1.54) is 11.1 Å². The Morgan fingerprint density at radius 1 is 1.00 bits per heavy atom. The predicted octanol–water partition coefficient (Wildman–Crippen LogP) is 5.34. The molecule has 132 valence electrons. The first-order valence-corrected chi connectivity index (χ1v) is 9.09. The molecule has 0 saturated carbocycles. The summed E-state index contributed by atoms with van der Waals surface area (Å²) in [6.07, 6.45) is 1.00. The molecule has 0 atom stereocenters. The number of imidazole rings is 1. The van der Waals surface area contributed by atoms with Crippen LogP contribution in [0.25, 0.3) is 22.2 Å². The van der Waals surface area contributed by atoms with E-state index in [9.17, 15) is 4.79 Å². The molecular weight excluding hydrogens is 308 g/mol. The summed E-state index contributed by atoms with van der Waals surface area (Å²) in [5.74, 6) is 0.581. The maximum atomic E-state index is 12.3. The molecule has 2 aromatic carbocycles. The lowest BCUT2D eigenvalue weighted by Crippen LogP contribution is -2.17. The Kier molecular flexibility index (Phi) is 4.59. The van der Waals surface area contributed by atoms with Gasteiger partial charge in [-0.15, -0.1) is 0 Å². The molecule has 1 N–H and O–H groups in total. The van der Waals surface area contributed by atoms with Crippen molar-refractivity contribution in [3.8, 4) is 11.1 Å². The Hall–Kier alpha value is -2.29. The first-order valence-electron chi connectivity index (χ1n) is 9.09. The fraction of sp³-hybridized carbons (Fsp3) is 0.409. The van der Waals surface area contributed by atoms with E-state index in [1.807, 2.05) is 4.57 Å². The molecule has 3 heteroatoms. The number of rotatable bonds is 4. The van der Waals surface area contributed by atoms with Crippen LogP contribution in [0.3, 0.4) is 0 Å². The van der Waals surface area contributed by atoms with Crippen LogP contribution in [-0.2, 0) is 12.0 Å². The average molecular weight is 336 g/mol. The molecule has 25 heavy (non-hydrogen) atoms. The van der Waals surface area contributed by atoms with Crippen LogP contribution in [-0.4, -0.2) is 9.55 Å². The highest BCUT2D eigenvalue weighted by Crippen LogP contribution is 2.27. The van der Waals surface area contributed by atoms with Crippen LogP contribution in [0.1, 0.15) is 46.6 Å². The number of benzene rings is 2. The van der Waals surface area contributed by atoms with Crippen molar-refractivity contribution in [1.82, 2.24) is 9.55 Å². The summed E-state index contributed by atoms with van der Waals surface area (Å²) in [6.45, 7) is 11.8. The number of nitrogens with zero attached hydrogens (tertiary/aromatic N) is 1. The maximum Gasteiger partial charge on any atom is 0.326 e. The Bertz CT molecular complexity index is 921. The van der Waals surface area contributed by atoms with Crippen molar-refractivity contribution in [1.29, 1.82) is 0 Å². The zero-order valence-corrected chi connectivity index (χ0v) is 15.9. The second kappa shape index (κ2) is 6.55. The van der Waals surface area contributed by atoms with Crippen molar-refractivity contribution in [2.45, 2.75) is 53.0 Å². The van der Waals surface area contributed by atoms with Crippen molar-refractivity contribution in [3.05, 3.63) is 58.5 Å². The lowest BCUT2D eigenvalue weighted by Gasteiger charge is -2.19. The molecule has 3 rings (SSSR count). The second-order valence-electron chi connectivity index (χ2n) is 8.32. The standard InChI is InChI=1S/C22H28N2O/c1-15(2)12-13-24-20-11-8-17(14-19(20)23-21(24)25)16-6-9-18(10-7-16)22(3,4)5/h6-11,14-15H,12-13H2,1-5H3,(H,23,25). The molecule has 0 aliphatic rings. The third-order valence-corrected chi connectivity index (χ3v) is 4.79. The molecule has 0 saturated heterocycles. The summed E-state index contributed by atoms with van der Waals surface area (Å²) < 4.78 is 1.85. The summed E-state index contributed by atoms with van der Waals surface area (Å²) in [5, 5.41) is 0. The van der Waals surface area contributed by atoms with Gasteiger partial charge in [-0.25, -0.2) is 4.79 Å². The molecule has 0 fully saturated rings. The Labute approximate surface area is 149 Å². The SMILES string of the molecule is CC(C)CCn1c(=O)[nH]c2cc(-c3ccc(C(C)(C)C)cc3)ccc21. The lowest BCUT2D eigenvalue weighted by atomic mass is 9.86. The zero-order valence-electron chi connectivity index (χ0n) is 15.9. The summed E-state index contributed by atoms with van der Waals surface area (Å²) in [4.78, 5) is 15.3. The Morgan fingerprint density at radius 2 is 1.64 bits per heavy atom. The number of hydrogen-bond acceptors (Lipinski definition) is 1. The van der Waals surface area contributed by atoms with Gasteiger partial charge in [0.05, 0.1) is 11.0 Å². The molecule has 0 amide bonds. The van der Waals surface area contributed by atoms with Crippen molar-refractivity contribution < 1.29 is 0 Å². The summed E-state index contributed by atoms with van der Waals surface area (Å²) in [7, 11) is 0. The quantitative estimate of drug-likeness (QED) is 0.686. The fourth-order valence-corrected chi connectivity index (χ4v) is 3.12. The highest BCUT2D eigenvalue weighted by molar-refractivity contribution is 5.82. The van der Waals surface area contributed by atoms with Crippen molar-refractivity contribution in [2.24, 2.45) is 5.92 Å². The van der Waals surface area contributed by atoms with Crippen LogP contribution in [0.15, 0.2) is 47.3 Å². The molecule has 1 aromatic heterocycles. The third-order valence-electron chi connectivity index (χ3n) is 4.79. The van der Waals surface area contributed by atoms with Gasteiger partial charge in [0.25, 0.3) is 0 Å². The lowest BCUT2D eigenvalue weighted by molar-refractivity contribution is 0.516. The largest absolute Gasteiger partial charge is 0.326 e. The maximum absolute atomic E-state index is 12.3. The third kappa shape index (κ3) is 3.71. The summed E-state index contributed by atoms with van der Waals surface area (Å²) in [6, 6.07) is 14.9. The smallest absolute Gasteiger partial charge is 0.306 e. The Morgan fingerprint density at radius 3 is 2.24 bits per heavy atom. The van der Waals surface area contributed by atoms with E-state index in [0.717, 1.165) is 29.6 Å². The Balaban J connectivity index is 1.95. The zero-order chi connectivity index (χ0) is 18.2. The van der Waals surface area contributed by atoms with E-state index in [4.69, 9.17) is 0 Å². The number of H-pyrrole nitrogens is 1. The van der Waals surface area contributed by atoms with Gasteiger partial charge in [-0.05, 0) is 46.6 Å². The van der Waals surface area contributed by atoms with Crippen molar-refractivity contribution in [3.63, 3.8) is 0 Å². The fourth-order valence-electron chi connectivity index (χ4n) is 3.12. The number of nitrogens with one attached hydrogen (secondary N) is 1. The molecule has 0 unspecified atom stereocenters. The van der Waals surface area contributed by atoms with Crippen LogP contribution >= 0.6 is 0 Å². The van der Waals surface area contributed by atoms with Crippen LogP contribution in [0.4, 0.5) is 0 Å². The predicted molar refractivity (Wildman–Crippen MR) is 106 cm³/mol. The van der Waals surface area contributed by atoms with E-state index in [2.05, 4.69) is 82.1 Å². The van der Waals surface area contributed by atoms with Crippen molar-refractivity contribution in [2.75, 3.05) is 0 Å². The van der Waals surface area contributed by atoms with Crippen LogP contribution in [0.5, 0.6) is 0 Å². The van der Waals surface area contributed by atoms with Gasteiger partial charge in [0.15, 0.2) is 0 Å². The first kappa shape index (κ1) is 17.5. The number of fused-ring (bicyclic) bond motifs is 1. The molecule has 1 heterocycles. The van der Waals surface area contributed by atoms with Gasteiger partial charge < -0.3 is 4.98 Å². The van der Waals surface area contributed by atoms with E-state index >= 15 is 0 Å². The molecule has 3 nitrogen and oxygen atoms in total. The minimum Gasteiger partial charge on any atom is -0.306 e. The number of aryl methyl sites for hydroxylation is 1. The van der Waals surface area contributed by atoms with E-state index < -0.39 is 0 Å². The van der Waals surface area contributed by atoms with E-state index in [1.54, 1.807) is 0 Å². The van der Waals surface area contributed by atoms with Crippen LogP contribution in [0.2, 0.25) is 0 Å². The molecule has 0 radical (unpaired) electrons. The minimum absolute atomic E-state index is 0.0177. The number of hydrogen-bond donors (Lipinski definition) is 1. The van der Waals surface area contributed by atoms with Gasteiger partial charge in [-0.2, -0.15) is 0 Å². The van der Waals surface area contributed by atoms with Gasteiger partial charge >= 0.3 is 5.69 Å². The number of aromatic amines is 1. The first-order chi connectivity index (χ1) is 11.8. The van der Waals surface area contributed by atoms with Gasteiger partial charge in [0.2, 0.25) is 0 Å². The molecular formula is C22H28N2O. The van der Waals surface area contributed by atoms with E-state index in [0.29, 0.717) is 5.92 Å². The molecule has 3 aromatic rings. The molecule has 0 spiro atoms. The van der Waals surface area contributed by atoms with Gasteiger partial charge in [0.1, 0.15) is 0 Å². The topological polar surface area (TPSA) is 37.8 Å². The average Bonchev–Trinajstić information content (AvgIpc) is 2.86. The van der Waals surface area contributed by atoms with Crippen LogP contribution < -0.4 is 5.69 Å². The molecule has 0 bridgehead atoms. The normalized spacial score (nSPS) is 12.2. The summed E-state index contributed by atoms with van der Waals surface area (Å²) in [5.41, 5.74) is 5.66. The molecule has 0 aliphatic heterocycles.